The van der Waals surface area contributed by atoms with Crippen LogP contribution in [0, 0.1) is 23.2 Å². The first kappa shape index (κ1) is 14.7. The minimum Gasteiger partial charge on any atom is -0.384 e. The first-order valence-electron chi connectivity index (χ1n) is 5.95. The third-order valence-electron chi connectivity index (χ3n) is 2.46. The number of pyridine rings is 1. The molecule has 1 heterocycles. The van der Waals surface area contributed by atoms with Crippen LogP contribution in [-0.4, -0.2) is 40.6 Å². The van der Waals surface area contributed by atoms with Crippen LogP contribution in [0.25, 0.3) is 0 Å². The van der Waals surface area contributed by atoms with Gasteiger partial charge in [-0.2, -0.15) is 5.26 Å². The van der Waals surface area contributed by atoms with Crippen molar-refractivity contribution in [3.63, 3.8) is 0 Å². The molecule has 0 aliphatic rings. The van der Waals surface area contributed by atoms with Crippen molar-refractivity contribution in [1.29, 1.82) is 5.26 Å². The van der Waals surface area contributed by atoms with Gasteiger partial charge in [0.2, 0.25) is 0 Å². The van der Waals surface area contributed by atoms with E-state index in [1.807, 2.05) is 13.0 Å². The van der Waals surface area contributed by atoms with E-state index in [2.05, 4.69) is 16.8 Å². The van der Waals surface area contributed by atoms with Crippen LogP contribution in [0.4, 0.5) is 0 Å². The fourth-order valence-electron chi connectivity index (χ4n) is 1.49. The van der Waals surface area contributed by atoms with Gasteiger partial charge in [0.1, 0.15) is 12.3 Å². The van der Waals surface area contributed by atoms with Gasteiger partial charge in [0, 0.05) is 24.8 Å². The second-order valence-corrected chi connectivity index (χ2v) is 3.68. The highest BCUT2D eigenvalue weighted by Crippen LogP contribution is 2.04. The van der Waals surface area contributed by atoms with Gasteiger partial charge in [-0.3, -0.25) is 4.79 Å². The van der Waals surface area contributed by atoms with Gasteiger partial charge in [-0.1, -0.05) is 11.8 Å². The number of carbonyl (C=O) groups is 1. The van der Waals surface area contributed by atoms with Crippen LogP contribution in [-0.2, 0) is 0 Å². The summed E-state index contributed by atoms with van der Waals surface area (Å²) in [5.74, 6) is 5.02. The second kappa shape index (κ2) is 7.86. The van der Waals surface area contributed by atoms with Crippen molar-refractivity contribution in [2.45, 2.75) is 13.3 Å². The summed E-state index contributed by atoms with van der Waals surface area (Å²) in [5.41, 5.74) is 0.972. The zero-order valence-corrected chi connectivity index (χ0v) is 10.8. The summed E-state index contributed by atoms with van der Waals surface area (Å²) in [4.78, 5) is 17.7. The molecule has 5 nitrogen and oxygen atoms in total. The Bertz CT molecular complexity index is 520. The summed E-state index contributed by atoms with van der Waals surface area (Å²) < 4.78 is 0. The SMILES string of the molecule is CCN(CCC#N)C(=O)c1ccc(C#CCO)cn1. The Hall–Kier alpha value is -2.37. The molecule has 1 aromatic heterocycles. The van der Waals surface area contributed by atoms with Crippen molar-refractivity contribution in [2.24, 2.45) is 0 Å². The van der Waals surface area contributed by atoms with Crippen LogP contribution in [0.2, 0.25) is 0 Å². The van der Waals surface area contributed by atoms with E-state index in [1.165, 1.54) is 6.20 Å². The van der Waals surface area contributed by atoms with Crippen molar-refractivity contribution in [1.82, 2.24) is 9.88 Å². The molecule has 0 aromatic carbocycles. The molecule has 1 aromatic rings. The molecule has 0 aliphatic carbocycles. The summed E-state index contributed by atoms with van der Waals surface area (Å²) in [5, 5.41) is 17.1. The molecule has 1 rings (SSSR count). The van der Waals surface area contributed by atoms with Crippen molar-refractivity contribution in [3.8, 4) is 17.9 Å². The number of aliphatic hydroxyl groups is 1. The van der Waals surface area contributed by atoms with Gasteiger partial charge < -0.3 is 10.0 Å². The molecule has 19 heavy (non-hydrogen) atoms. The Labute approximate surface area is 112 Å². The van der Waals surface area contributed by atoms with Crippen LogP contribution in [0.1, 0.15) is 29.4 Å². The topological polar surface area (TPSA) is 77.2 Å². The quantitative estimate of drug-likeness (QED) is 0.809. The number of aliphatic hydroxyl groups excluding tert-OH is 1. The number of nitriles is 1. The molecule has 1 N–H and O–H groups in total. The second-order valence-electron chi connectivity index (χ2n) is 3.68. The number of amides is 1. The van der Waals surface area contributed by atoms with Gasteiger partial charge in [0.25, 0.3) is 5.91 Å². The number of carbonyl (C=O) groups excluding carboxylic acids is 1. The summed E-state index contributed by atoms with van der Waals surface area (Å²) in [7, 11) is 0. The minimum atomic E-state index is -0.210. The highest BCUT2D eigenvalue weighted by atomic mass is 16.2. The Morgan fingerprint density at radius 2 is 2.32 bits per heavy atom. The Kier molecular flexibility index (Phi) is 6.08. The maximum absolute atomic E-state index is 12.1. The number of rotatable bonds is 4. The van der Waals surface area contributed by atoms with Crippen molar-refractivity contribution in [2.75, 3.05) is 19.7 Å². The highest BCUT2D eigenvalue weighted by Gasteiger charge is 2.14. The van der Waals surface area contributed by atoms with Crippen LogP contribution < -0.4 is 0 Å². The number of nitrogens with zero attached hydrogens (tertiary/aromatic N) is 3. The van der Waals surface area contributed by atoms with Gasteiger partial charge in [-0.25, -0.2) is 4.98 Å². The van der Waals surface area contributed by atoms with Gasteiger partial charge >= 0.3 is 0 Å². The first-order chi connectivity index (χ1) is 9.22. The molecule has 5 heteroatoms. The molecule has 0 saturated heterocycles. The lowest BCUT2D eigenvalue weighted by Gasteiger charge is -2.18. The summed E-state index contributed by atoms with van der Waals surface area (Å²) in [6, 6.07) is 5.29. The van der Waals surface area contributed by atoms with Gasteiger partial charge in [-0.05, 0) is 19.1 Å². The number of aromatic nitrogens is 1. The highest BCUT2D eigenvalue weighted by molar-refractivity contribution is 5.92. The zero-order chi connectivity index (χ0) is 14.1. The van der Waals surface area contributed by atoms with Crippen LogP contribution >= 0.6 is 0 Å². The standard InChI is InChI=1S/C14H15N3O2/c1-2-17(9-4-8-15)14(19)13-7-6-12(11-16-13)5-3-10-18/h6-7,11,18H,2,4,9-10H2,1H3. The minimum absolute atomic E-state index is 0.195. The van der Waals surface area contributed by atoms with Gasteiger partial charge in [-0.15, -0.1) is 0 Å². The first-order valence-corrected chi connectivity index (χ1v) is 5.95. The van der Waals surface area contributed by atoms with Gasteiger partial charge in [0.05, 0.1) is 12.5 Å². The third-order valence-corrected chi connectivity index (χ3v) is 2.46. The molecule has 0 unspecified atom stereocenters. The molecule has 0 radical (unpaired) electrons. The monoisotopic (exact) mass is 257 g/mol. The zero-order valence-electron chi connectivity index (χ0n) is 10.8. The van der Waals surface area contributed by atoms with Crippen LogP contribution in [0.5, 0.6) is 0 Å². The Morgan fingerprint density at radius 1 is 1.53 bits per heavy atom. The number of hydrogen-bond acceptors (Lipinski definition) is 4. The van der Waals surface area contributed by atoms with E-state index in [9.17, 15) is 4.79 Å². The molecule has 0 atom stereocenters. The molecule has 0 saturated carbocycles. The van der Waals surface area contributed by atoms with Crippen molar-refractivity contribution < 1.29 is 9.90 Å². The average Bonchev–Trinajstić information content (AvgIpc) is 2.46. The summed E-state index contributed by atoms with van der Waals surface area (Å²) in [6.45, 7) is 2.59. The van der Waals surface area contributed by atoms with E-state index in [0.717, 1.165) is 0 Å². The van der Waals surface area contributed by atoms with E-state index < -0.39 is 0 Å². The molecule has 0 bridgehead atoms. The molecule has 98 valence electrons. The largest absolute Gasteiger partial charge is 0.384 e. The molecule has 0 aliphatic heterocycles. The molecule has 1 amide bonds. The smallest absolute Gasteiger partial charge is 0.272 e. The van der Waals surface area contributed by atoms with E-state index in [-0.39, 0.29) is 12.5 Å². The fourth-order valence-corrected chi connectivity index (χ4v) is 1.49. The number of hydrogen-bond donors (Lipinski definition) is 1. The van der Waals surface area contributed by atoms with E-state index >= 15 is 0 Å². The maximum atomic E-state index is 12.1. The predicted octanol–water partition coefficient (Wildman–Crippen LogP) is 0.801. The third kappa shape index (κ3) is 4.42. The lowest BCUT2D eigenvalue weighted by atomic mass is 10.2. The molecular weight excluding hydrogens is 242 g/mol. The lowest BCUT2D eigenvalue weighted by molar-refractivity contribution is 0.0762. The molecular formula is C14H15N3O2. The average molecular weight is 257 g/mol. The van der Waals surface area contributed by atoms with Gasteiger partial charge in [0.15, 0.2) is 0 Å². The normalized spacial score (nSPS) is 9.11. The Balaban J connectivity index is 2.79. The predicted molar refractivity (Wildman–Crippen MR) is 70.0 cm³/mol. The summed E-state index contributed by atoms with van der Waals surface area (Å²) in [6.07, 6.45) is 1.80. The summed E-state index contributed by atoms with van der Waals surface area (Å²) >= 11 is 0. The fraction of sp³-hybridized carbons (Fsp3) is 0.357. The van der Waals surface area contributed by atoms with Crippen LogP contribution in [0.15, 0.2) is 18.3 Å². The maximum Gasteiger partial charge on any atom is 0.272 e. The van der Waals surface area contributed by atoms with Crippen molar-refractivity contribution in [3.05, 3.63) is 29.6 Å². The van der Waals surface area contributed by atoms with E-state index in [1.54, 1.807) is 17.0 Å². The molecule has 0 spiro atoms. The van der Waals surface area contributed by atoms with Crippen molar-refractivity contribution >= 4 is 5.91 Å². The lowest BCUT2D eigenvalue weighted by Crippen LogP contribution is -2.32. The molecule has 0 fully saturated rings. The van der Waals surface area contributed by atoms with E-state index in [0.29, 0.717) is 30.8 Å². The van der Waals surface area contributed by atoms with Crippen LogP contribution in [0.3, 0.4) is 0 Å². The Morgan fingerprint density at radius 3 is 2.84 bits per heavy atom. The van der Waals surface area contributed by atoms with E-state index in [4.69, 9.17) is 10.4 Å².